The molecule has 0 aliphatic heterocycles. The lowest BCUT2D eigenvalue weighted by molar-refractivity contribution is 0.361. The highest BCUT2D eigenvalue weighted by atomic mass is 32.2. The van der Waals surface area contributed by atoms with E-state index >= 15 is 0 Å². The molecular formula is C20H24N4O2S. The van der Waals surface area contributed by atoms with Crippen molar-refractivity contribution in [2.75, 3.05) is 13.6 Å². The van der Waals surface area contributed by atoms with Crippen molar-refractivity contribution in [3.05, 3.63) is 84.2 Å². The van der Waals surface area contributed by atoms with E-state index in [4.69, 9.17) is 0 Å². The molecule has 0 atom stereocenters. The smallest absolute Gasteiger partial charge is 0.241 e. The van der Waals surface area contributed by atoms with Gasteiger partial charge in [0.15, 0.2) is 0 Å². The third kappa shape index (κ3) is 4.63. The Morgan fingerprint density at radius 1 is 0.926 bits per heavy atom. The molecule has 3 aromatic rings. The minimum Gasteiger partial charge on any atom is -0.241 e. The Kier molecular flexibility index (Phi) is 6.05. The molecule has 1 aromatic heterocycles. The molecule has 0 saturated carbocycles. The second-order valence-corrected chi connectivity index (χ2v) is 8.34. The van der Waals surface area contributed by atoms with Gasteiger partial charge in [0.25, 0.3) is 10.2 Å². The highest BCUT2D eigenvalue weighted by Crippen LogP contribution is 2.15. The molecule has 0 aliphatic carbocycles. The summed E-state index contributed by atoms with van der Waals surface area (Å²) < 4.78 is 30.5. The second-order valence-electron chi connectivity index (χ2n) is 6.30. The Hall–Kier alpha value is -2.48. The van der Waals surface area contributed by atoms with Gasteiger partial charge in [-0.3, -0.25) is 0 Å². The molecule has 27 heavy (non-hydrogen) atoms. The van der Waals surface area contributed by atoms with Crippen LogP contribution in [-0.2, 0) is 23.3 Å². The molecule has 142 valence electrons. The molecule has 0 unspecified atom stereocenters. The van der Waals surface area contributed by atoms with E-state index in [1.54, 1.807) is 17.9 Å². The van der Waals surface area contributed by atoms with Crippen molar-refractivity contribution in [1.82, 2.24) is 18.4 Å². The van der Waals surface area contributed by atoms with Crippen LogP contribution in [0.15, 0.2) is 73.1 Å². The lowest BCUT2D eigenvalue weighted by Gasteiger charge is -2.26. The Balaban J connectivity index is 1.72. The minimum atomic E-state index is -3.57. The molecule has 0 bridgehead atoms. The quantitative estimate of drug-likeness (QED) is 0.600. The molecule has 2 aromatic carbocycles. The van der Waals surface area contributed by atoms with Crippen LogP contribution < -0.4 is 0 Å². The van der Waals surface area contributed by atoms with E-state index in [1.165, 1.54) is 8.61 Å². The predicted octanol–water partition coefficient (Wildman–Crippen LogP) is 3.07. The summed E-state index contributed by atoms with van der Waals surface area (Å²) in [7, 11) is -1.97. The van der Waals surface area contributed by atoms with E-state index < -0.39 is 10.2 Å². The molecule has 0 amide bonds. The first-order chi connectivity index (χ1) is 13.0. The van der Waals surface area contributed by atoms with Gasteiger partial charge in [0.2, 0.25) is 0 Å². The van der Waals surface area contributed by atoms with Crippen LogP contribution >= 0.6 is 0 Å². The van der Waals surface area contributed by atoms with Gasteiger partial charge in [-0.1, -0.05) is 55.5 Å². The maximum absolute atomic E-state index is 13.0. The molecule has 7 heteroatoms. The van der Waals surface area contributed by atoms with Gasteiger partial charge in [-0.15, -0.1) is 0 Å². The summed E-state index contributed by atoms with van der Waals surface area (Å²) >= 11 is 0. The van der Waals surface area contributed by atoms with Gasteiger partial charge in [0, 0.05) is 38.4 Å². The molecule has 3 rings (SSSR count). The highest BCUT2D eigenvalue weighted by molar-refractivity contribution is 7.86. The van der Waals surface area contributed by atoms with E-state index in [-0.39, 0.29) is 6.54 Å². The summed E-state index contributed by atoms with van der Waals surface area (Å²) in [5.74, 6) is 0. The number of benzene rings is 2. The Morgan fingerprint density at radius 3 is 2.19 bits per heavy atom. The van der Waals surface area contributed by atoms with Crippen LogP contribution in [0.5, 0.6) is 0 Å². The van der Waals surface area contributed by atoms with E-state index in [0.29, 0.717) is 13.1 Å². The number of nitrogens with zero attached hydrogens (tertiary/aromatic N) is 4. The Morgan fingerprint density at radius 2 is 1.56 bits per heavy atom. The normalized spacial score (nSPS) is 12.0. The Labute approximate surface area is 160 Å². The van der Waals surface area contributed by atoms with Gasteiger partial charge in [0.1, 0.15) is 0 Å². The molecule has 0 N–H and O–H groups in total. The van der Waals surface area contributed by atoms with Crippen molar-refractivity contribution >= 4 is 10.2 Å². The van der Waals surface area contributed by atoms with E-state index in [0.717, 1.165) is 16.8 Å². The predicted molar refractivity (Wildman–Crippen MR) is 106 cm³/mol. The first-order valence-electron chi connectivity index (χ1n) is 8.85. The zero-order valence-electron chi connectivity index (χ0n) is 15.6. The van der Waals surface area contributed by atoms with Crippen molar-refractivity contribution in [1.29, 1.82) is 0 Å². The Bertz CT molecular complexity index is 956. The number of rotatable bonds is 8. The molecule has 0 spiro atoms. The lowest BCUT2D eigenvalue weighted by atomic mass is 10.2. The topological polar surface area (TPSA) is 58.4 Å². The molecule has 6 nitrogen and oxygen atoms in total. The van der Waals surface area contributed by atoms with Crippen molar-refractivity contribution in [2.24, 2.45) is 0 Å². The number of hydrogen-bond acceptors (Lipinski definition) is 3. The monoisotopic (exact) mass is 384 g/mol. The van der Waals surface area contributed by atoms with Gasteiger partial charge >= 0.3 is 0 Å². The molecule has 1 heterocycles. The van der Waals surface area contributed by atoms with Crippen LogP contribution in [0.3, 0.4) is 0 Å². The van der Waals surface area contributed by atoms with Crippen LogP contribution in [0, 0.1) is 0 Å². The number of hydrogen-bond donors (Lipinski definition) is 0. The van der Waals surface area contributed by atoms with Gasteiger partial charge in [-0.05, 0) is 17.7 Å². The zero-order valence-corrected chi connectivity index (χ0v) is 16.4. The third-order valence-electron chi connectivity index (χ3n) is 4.34. The molecule has 0 aliphatic rings. The van der Waals surface area contributed by atoms with Gasteiger partial charge in [0.05, 0.1) is 11.9 Å². The summed E-state index contributed by atoms with van der Waals surface area (Å²) in [6.07, 6.45) is 3.56. The van der Waals surface area contributed by atoms with Crippen molar-refractivity contribution in [3.8, 4) is 5.69 Å². The largest absolute Gasteiger partial charge is 0.282 e. The molecule has 0 saturated heterocycles. The first-order valence-corrected chi connectivity index (χ1v) is 10.2. The first kappa shape index (κ1) is 19.3. The maximum Gasteiger partial charge on any atom is 0.282 e. The van der Waals surface area contributed by atoms with Crippen molar-refractivity contribution < 1.29 is 8.42 Å². The fraction of sp³-hybridized carbons (Fsp3) is 0.250. The summed E-state index contributed by atoms with van der Waals surface area (Å²) in [4.78, 5) is 0. The second kappa shape index (κ2) is 8.47. The van der Waals surface area contributed by atoms with Gasteiger partial charge in [-0.2, -0.15) is 22.1 Å². The fourth-order valence-corrected chi connectivity index (χ4v) is 4.19. The molecular weight excluding hydrogens is 360 g/mol. The fourth-order valence-electron chi connectivity index (χ4n) is 2.84. The van der Waals surface area contributed by atoms with Crippen molar-refractivity contribution in [2.45, 2.75) is 20.0 Å². The van der Waals surface area contributed by atoms with Crippen LogP contribution in [0.4, 0.5) is 0 Å². The SMILES string of the molecule is CCN(Cc1ccccc1)S(=O)(=O)N(C)Cc1cnn(-c2ccccc2)c1. The average Bonchev–Trinajstić information content (AvgIpc) is 3.16. The van der Waals surface area contributed by atoms with E-state index in [2.05, 4.69) is 5.10 Å². The molecule has 0 radical (unpaired) electrons. The zero-order chi connectivity index (χ0) is 19.3. The average molecular weight is 385 g/mol. The molecule has 0 fully saturated rings. The maximum atomic E-state index is 13.0. The van der Waals surface area contributed by atoms with Crippen LogP contribution in [-0.4, -0.2) is 40.4 Å². The van der Waals surface area contributed by atoms with E-state index in [1.807, 2.05) is 73.8 Å². The summed E-state index contributed by atoms with van der Waals surface area (Å²) in [6.45, 7) is 2.88. The van der Waals surface area contributed by atoms with Crippen LogP contribution in [0.2, 0.25) is 0 Å². The summed E-state index contributed by atoms with van der Waals surface area (Å²) in [6, 6.07) is 19.3. The number of aromatic nitrogens is 2. The minimum absolute atomic E-state index is 0.264. The van der Waals surface area contributed by atoms with Gasteiger partial charge < -0.3 is 0 Å². The third-order valence-corrected chi connectivity index (χ3v) is 6.29. The van der Waals surface area contributed by atoms with Crippen molar-refractivity contribution in [3.63, 3.8) is 0 Å². The summed E-state index contributed by atoms with van der Waals surface area (Å²) in [5, 5.41) is 4.34. The highest BCUT2D eigenvalue weighted by Gasteiger charge is 2.26. The van der Waals surface area contributed by atoms with Crippen LogP contribution in [0.1, 0.15) is 18.1 Å². The number of para-hydroxylation sites is 1. The standard InChI is InChI=1S/C20H24N4O2S/c1-3-23(16-18-10-6-4-7-11-18)27(25,26)22(2)15-19-14-21-24(17-19)20-12-8-5-9-13-20/h4-14,17H,3,15-16H2,1-2H3. The van der Waals surface area contributed by atoms with E-state index in [9.17, 15) is 8.42 Å². The van der Waals surface area contributed by atoms with Crippen LogP contribution in [0.25, 0.3) is 5.69 Å². The van der Waals surface area contributed by atoms with Gasteiger partial charge in [-0.25, -0.2) is 4.68 Å². The lowest BCUT2D eigenvalue weighted by Crippen LogP contribution is -2.41. The summed E-state index contributed by atoms with van der Waals surface area (Å²) in [5.41, 5.74) is 2.74.